The minimum atomic E-state index is 0.0476. The Hall–Kier alpha value is -0.0100. The molecule has 0 radical (unpaired) electrons. The minimum absolute atomic E-state index is 0.0476. The first-order valence-corrected chi connectivity index (χ1v) is 8.21. The summed E-state index contributed by atoms with van der Waals surface area (Å²) in [6, 6.07) is 0. The second kappa shape index (κ2) is 7.13. The Morgan fingerprint density at radius 3 is 2.74 bits per heavy atom. The van der Waals surface area contributed by atoms with Crippen molar-refractivity contribution in [3.8, 4) is 12.3 Å². The van der Waals surface area contributed by atoms with E-state index >= 15 is 0 Å². The van der Waals surface area contributed by atoms with Crippen LogP contribution in [0.4, 0.5) is 0 Å². The molecule has 0 N–H and O–H groups in total. The largest absolute Gasteiger partial charge is 0.371 e. The molecule has 2 bridgehead atoms. The highest BCUT2D eigenvalue weighted by atomic mass is 79.9. The maximum atomic E-state index is 6.47. The molecule has 0 unspecified atom stereocenters. The van der Waals surface area contributed by atoms with Crippen LogP contribution in [0.3, 0.4) is 0 Å². The Labute approximate surface area is 129 Å². The van der Waals surface area contributed by atoms with Crippen molar-refractivity contribution in [2.24, 2.45) is 0 Å². The third kappa shape index (κ3) is 3.76. The third-order valence-corrected chi connectivity index (χ3v) is 5.24. The molecule has 2 nitrogen and oxygen atoms in total. The van der Waals surface area contributed by atoms with E-state index in [1.54, 1.807) is 6.08 Å². The molecule has 0 aromatic carbocycles. The van der Waals surface area contributed by atoms with E-state index in [0.717, 1.165) is 25.7 Å². The number of alkyl halides is 2. The number of terminal acetylenes is 1. The van der Waals surface area contributed by atoms with Gasteiger partial charge in [-0.05, 0) is 25.3 Å². The standard InChI is InChI=1S/C15H20BrClO2/c1-3-5-6-7-13-15-9-14(19-13)11(17)8-10(16)12(4-2)18-15/h1,5-6,10-15H,4,7-9H2,2H3/b6-5-/t10-,11-,12+,13-,14-,15-/m0/s1. The van der Waals surface area contributed by atoms with Gasteiger partial charge in [-0.25, -0.2) is 0 Å². The van der Waals surface area contributed by atoms with Crippen molar-refractivity contribution < 1.29 is 9.47 Å². The SMILES string of the molecule is C#C/C=C\C[C@@H]1O[C@H]2C[C@@H]1O[C@H](CC)[C@@H](Br)C[C@@H]2Cl. The van der Waals surface area contributed by atoms with E-state index in [0.29, 0.717) is 4.83 Å². The first-order chi connectivity index (χ1) is 9.15. The van der Waals surface area contributed by atoms with E-state index in [9.17, 15) is 0 Å². The average Bonchev–Trinajstić information content (AvgIpc) is 2.79. The maximum absolute atomic E-state index is 6.47. The number of fused-ring (bicyclic) bond motifs is 2. The average molecular weight is 348 g/mol. The van der Waals surface area contributed by atoms with Crippen LogP contribution in [0.1, 0.15) is 32.6 Å². The third-order valence-electron chi connectivity index (χ3n) is 3.82. The fourth-order valence-corrected chi connectivity index (χ4v) is 4.25. The molecule has 2 aliphatic heterocycles. The fourth-order valence-electron chi connectivity index (χ4n) is 2.78. The lowest BCUT2D eigenvalue weighted by molar-refractivity contribution is -0.0500. The van der Waals surface area contributed by atoms with Crippen molar-refractivity contribution in [1.82, 2.24) is 0 Å². The molecule has 106 valence electrons. The molecule has 2 heterocycles. The van der Waals surface area contributed by atoms with E-state index in [1.165, 1.54) is 0 Å². The van der Waals surface area contributed by atoms with Gasteiger partial charge in [0.15, 0.2) is 0 Å². The lowest BCUT2D eigenvalue weighted by Gasteiger charge is -2.30. The van der Waals surface area contributed by atoms with E-state index in [2.05, 4.69) is 28.8 Å². The molecule has 0 aromatic rings. The minimum Gasteiger partial charge on any atom is -0.371 e. The Balaban J connectivity index is 2.07. The molecule has 4 heteroatoms. The Morgan fingerprint density at radius 2 is 2.05 bits per heavy atom. The highest BCUT2D eigenvalue weighted by Crippen LogP contribution is 2.37. The predicted octanol–water partition coefficient (Wildman–Crippen LogP) is 3.66. The van der Waals surface area contributed by atoms with Crippen molar-refractivity contribution >= 4 is 27.5 Å². The second-order valence-electron chi connectivity index (χ2n) is 5.14. The normalized spacial score (nSPS) is 42.8. The van der Waals surface area contributed by atoms with Gasteiger partial charge in [-0.15, -0.1) is 18.0 Å². The quantitative estimate of drug-likeness (QED) is 0.573. The van der Waals surface area contributed by atoms with Crippen molar-refractivity contribution in [3.63, 3.8) is 0 Å². The van der Waals surface area contributed by atoms with E-state index in [4.69, 9.17) is 27.5 Å². The van der Waals surface area contributed by atoms with Crippen LogP contribution in [0.15, 0.2) is 12.2 Å². The number of ether oxygens (including phenoxy) is 2. The van der Waals surface area contributed by atoms with Gasteiger partial charge in [0.2, 0.25) is 0 Å². The van der Waals surface area contributed by atoms with Gasteiger partial charge in [-0.2, -0.15) is 0 Å². The smallest absolute Gasteiger partial charge is 0.0876 e. The highest BCUT2D eigenvalue weighted by Gasteiger charge is 2.43. The van der Waals surface area contributed by atoms with E-state index < -0.39 is 0 Å². The second-order valence-corrected chi connectivity index (χ2v) is 6.88. The summed E-state index contributed by atoms with van der Waals surface area (Å²) in [7, 11) is 0. The van der Waals surface area contributed by atoms with Crippen molar-refractivity contribution in [2.75, 3.05) is 0 Å². The zero-order chi connectivity index (χ0) is 13.8. The zero-order valence-corrected chi connectivity index (χ0v) is 13.4. The van der Waals surface area contributed by atoms with Gasteiger partial charge in [0.25, 0.3) is 0 Å². The first kappa shape index (κ1) is 15.4. The van der Waals surface area contributed by atoms with Gasteiger partial charge in [-0.3, -0.25) is 0 Å². The molecule has 2 fully saturated rings. The van der Waals surface area contributed by atoms with Crippen molar-refractivity contribution in [3.05, 3.63) is 12.2 Å². The topological polar surface area (TPSA) is 18.5 Å². The lowest BCUT2D eigenvalue weighted by atomic mass is 9.99. The predicted molar refractivity (Wildman–Crippen MR) is 81.8 cm³/mol. The highest BCUT2D eigenvalue weighted by molar-refractivity contribution is 9.09. The number of hydrogen-bond donors (Lipinski definition) is 0. The summed E-state index contributed by atoms with van der Waals surface area (Å²) in [4.78, 5) is 0.300. The Kier molecular flexibility index (Phi) is 5.77. The summed E-state index contributed by atoms with van der Waals surface area (Å²) >= 11 is 10.2. The molecule has 0 saturated carbocycles. The summed E-state index contributed by atoms with van der Waals surface area (Å²) in [5.74, 6) is 2.50. The van der Waals surface area contributed by atoms with Gasteiger partial charge < -0.3 is 9.47 Å². The van der Waals surface area contributed by atoms with E-state index in [1.807, 2.05) is 6.08 Å². The van der Waals surface area contributed by atoms with Crippen LogP contribution in [0.25, 0.3) is 0 Å². The molecule has 19 heavy (non-hydrogen) atoms. The van der Waals surface area contributed by atoms with Crippen LogP contribution in [-0.2, 0) is 9.47 Å². The van der Waals surface area contributed by atoms with Gasteiger partial charge in [0.05, 0.1) is 29.8 Å². The van der Waals surface area contributed by atoms with Crippen LogP contribution >= 0.6 is 27.5 Å². The number of hydrogen-bond acceptors (Lipinski definition) is 2. The molecule has 2 saturated heterocycles. The molecule has 0 aromatic heterocycles. The summed E-state index contributed by atoms with van der Waals surface area (Å²) in [5.41, 5.74) is 0. The van der Waals surface area contributed by atoms with Crippen molar-refractivity contribution in [1.29, 1.82) is 0 Å². The molecular weight excluding hydrogens is 328 g/mol. The molecule has 0 spiro atoms. The van der Waals surface area contributed by atoms with Gasteiger partial charge in [-0.1, -0.05) is 34.9 Å². The zero-order valence-electron chi connectivity index (χ0n) is 11.1. The Morgan fingerprint density at radius 1 is 1.32 bits per heavy atom. The number of allylic oxidation sites excluding steroid dienone is 1. The van der Waals surface area contributed by atoms with Crippen LogP contribution in [0.5, 0.6) is 0 Å². The van der Waals surface area contributed by atoms with Crippen LogP contribution in [0.2, 0.25) is 0 Å². The summed E-state index contributed by atoms with van der Waals surface area (Å²) in [5, 5.41) is 0.0476. The van der Waals surface area contributed by atoms with Gasteiger partial charge >= 0.3 is 0 Å². The van der Waals surface area contributed by atoms with E-state index in [-0.39, 0.29) is 29.8 Å². The molecule has 0 amide bonds. The summed E-state index contributed by atoms with van der Waals surface area (Å²) in [6.45, 7) is 2.14. The Bertz CT molecular complexity index is 366. The van der Waals surface area contributed by atoms with Crippen LogP contribution < -0.4 is 0 Å². The fraction of sp³-hybridized carbons (Fsp3) is 0.733. The molecular formula is C15H20BrClO2. The number of rotatable bonds is 3. The molecule has 0 aliphatic carbocycles. The first-order valence-electron chi connectivity index (χ1n) is 6.85. The summed E-state index contributed by atoms with van der Waals surface area (Å²) < 4.78 is 12.3. The van der Waals surface area contributed by atoms with Crippen LogP contribution in [-0.4, -0.2) is 34.6 Å². The summed E-state index contributed by atoms with van der Waals surface area (Å²) in [6.07, 6.45) is 12.9. The van der Waals surface area contributed by atoms with Crippen LogP contribution in [0, 0.1) is 12.3 Å². The maximum Gasteiger partial charge on any atom is 0.0876 e. The van der Waals surface area contributed by atoms with Gasteiger partial charge in [0, 0.05) is 11.2 Å². The monoisotopic (exact) mass is 346 g/mol. The number of halogens is 2. The molecule has 2 rings (SSSR count). The molecule has 6 atom stereocenters. The lowest BCUT2D eigenvalue weighted by Crippen LogP contribution is -2.37. The molecule has 2 aliphatic rings. The van der Waals surface area contributed by atoms with Crippen molar-refractivity contribution in [2.45, 2.75) is 67.2 Å². The van der Waals surface area contributed by atoms with Gasteiger partial charge in [0.1, 0.15) is 0 Å².